The predicted molar refractivity (Wildman–Crippen MR) is 61.9 cm³/mol. The second-order valence-electron chi connectivity index (χ2n) is 5.18. The van der Waals surface area contributed by atoms with Crippen molar-refractivity contribution in [3.8, 4) is 0 Å². The Balaban J connectivity index is 1.81. The van der Waals surface area contributed by atoms with Gasteiger partial charge in [0, 0.05) is 19.1 Å². The van der Waals surface area contributed by atoms with Crippen molar-refractivity contribution in [1.29, 1.82) is 0 Å². The van der Waals surface area contributed by atoms with Crippen LogP contribution in [0.3, 0.4) is 0 Å². The van der Waals surface area contributed by atoms with E-state index in [9.17, 15) is 5.11 Å². The molecular formula is C12H24N2O. The molecule has 1 saturated heterocycles. The smallest absolute Gasteiger partial charge is 0.0679 e. The molecule has 3 heteroatoms. The van der Waals surface area contributed by atoms with Crippen LogP contribution in [-0.4, -0.2) is 48.8 Å². The third kappa shape index (κ3) is 2.92. The molecule has 3 atom stereocenters. The van der Waals surface area contributed by atoms with Crippen LogP contribution in [0.5, 0.6) is 0 Å². The lowest BCUT2D eigenvalue weighted by Crippen LogP contribution is -2.39. The lowest BCUT2D eigenvalue weighted by Gasteiger charge is -2.35. The summed E-state index contributed by atoms with van der Waals surface area (Å²) in [5.74, 6) is 0.853. The predicted octanol–water partition coefficient (Wildman–Crippen LogP) is 0.831. The fraction of sp³-hybridized carbons (Fsp3) is 1.00. The van der Waals surface area contributed by atoms with Gasteiger partial charge in [-0.3, -0.25) is 4.90 Å². The molecule has 2 rings (SSSR count). The van der Waals surface area contributed by atoms with E-state index in [1.54, 1.807) is 0 Å². The minimum absolute atomic E-state index is 0.0605. The number of β-amino-alcohol motifs (C(OH)–C–C–N with tert-alkyl or cyclic N) is 1. The monoisotopic (exact) mass is 212 g/mol. The van der Waals surface area contributed by atoms with Gasteiger partial charge in [-0.25, -0.2) is 0 Å². The minimum atomic E-state index is -0.0605. The van der Waals surface area contributed by atoms with Crippen LogP contribution in [-0.2, 0) is 0 Å². The van der Waals surface area contributed by atoms with Crippen molar-refractivity contribution in [3.63, 3.8) is 0 Å². The van der Waals surface area contributed by atoms with E-state index in [-0.39, 0.29) is 6.10 Å². The van der Waals surface area contributed by atoms with E-state index in [1.807, 2.05) is 7.05 Å². The Labute approximate surface area is 92.8 Å². The highest BCUT2D eigenvalue weighted by Gasteiger charge is 2.30. The van der Waals surface area contributed by atoms with Crippen LogP contribution in [0.15, 0.2) is 0 Å². The van der Waals surface area contributed by atoms with Gasteiger partial charge in [0.2, 0.25) is 0 Å². The molecule has 1 heterocycles. The molecule has 3 nitrogen and oxygen atoms in total. The van der Waals surface area contributed by atoms with Gasteiger partial charge in [0.25, 0.3) is 0 Å². The number of likely N-dealkylation sites (tertiary alicyclic amines) is 1. The molecule has 3 unspecified atom stereocenters. The Morgan fingerprint density at radius 2 is 2.20 bits per heavy atom. The summed E-state index contributed by atoms with van der Waals surface area (Å²) in [5, 5.41) is 12.8. The van der Waals surface area contributed by atoms with Gasteiger partial charge in [-0.2, -0.15) is 0 Å². The van der Waals surface area contributed by atoms with Crippen LogP contribution in [0.1, 0.15) is 32.1 Å². The Hall–Kier alpha value is -0.120. The largest absolute Gasteiger partial charge is 0.392 e. The summed E-state index contributed by atoms with van der Waals surface area (Å²) < 4.78 is 0. The highest BCUT2D eigenvalue weighted by atomic mass is 16.3. The van der Waals surface area contributed by atoms with Crippen molar-refractivity contribution in [2.75, 3.05) is 26.7 Å². The van der Waals surface area contributed by atoms with Crippen LogP contribution < -0.4 is 5.32 Å². The molecule has 2 aliphatic rings. The highest BCUT2D eigenvalue weighted by Crippen LogP contribution is 2.29. The van der Waals surface area contributed by atoms with Gasteiger partial charge >= 0.3 is 0 Å². The summed E-state index contributed by atoms with van der Waals surface area (Å²) in [5.41, 5.74) is 0. The molecule has 1 aliphatic heterocycles. The number of rotatable bonds is 3. The van der Waals surface area contributed by atoms with Crippen LogP contribution in [0.4, 0.5) is 0 Å². The summed E-state index contributed by atoms with van der Waals surface area (Å²) >= 11 is 0. The number of nitrogens with zero attached hydrogens (tertiary/aromatic N) is 1. The summed E-state index contributed by atoms with van der Waals surface area (Å²) in [6, 6.07) is 0.745. The second kappa shape index (κ2) is 5.28. The first-order valence-corrected chi connectivity index (χ1v) is 6.36. The molecule has 88 valence electrons. The van der Waals surface area contributed by atoms with Crippen LogP contribution in [0.25, 0.3) is 0 Å². The van der Waals surface area contributed by atoms with Crippen molar-refractivity contribution in [1.82, 2.24) is 10.2 Å². The molecule has 0 aromatic carbocycles. The topological polar surface area (TPSA) is 35.5 Å². The summed E-state index contributed by atoms with van der Waals surface area (Å²) in [4.78, 5) is 2.51. The quantitative estimate of drug-likeness (QED) is 0.727. The van der Waals surface area contributed by atoms with Crippen LogP contribution >= 0.6 is 0 Å². The first kappa shape index (κ1) is 11.4. The van der Waals surface area contributed by atoms with Crippen LogP contribution in [0, 0.1) is 5.92 Å². The van der Waals surface area contributed by atoms with Crippen molar-refractivity contribution in [2.45, 2.75) is 44.2 Å². The first-order valence-electron chi connectivity index (χ1n) is 6.36. The third-order valence-electron chi connectivity index (χ3n) is 3.96. The maximum atomic E-state index is 9.55. The van der Waals surface area contributed by atoms with Gasteiger partial charge in [0.1, 0.15) is 0 Å². The fourth-order valence-corrected chi connectivity index (χ4v) is 3.17. The summed E-state index contributed by atoms with van der Waals surface area (Å²) in [7, 11) is 2.04. The standard InChI is InChI=1S/C12H24N2O/c1-13-8-10-3-2-4-11(7-10)14-6-5-12(15)9-14/h10-13,15H,2-9H2,1H3. The van der Waals surface area contributed by atoms with Crippen molar-refractivity contribution in [3.05, 3.63) is 0 Å². The summed E-state index contributed by atoms with van der Waals surface area (Å²) in [6.45, 7) is 3.18. The van der Waals surface area contributed by atoms with Gasteiger partial charge < -0.3 is 10.4 Å². The minimum Gasteiger partial charge on any atom is -0.392 e. The Morgan fingerprint density at radius 1 is 1.33 bits per heavy atom. The van der Waals surface area contributed by atoms with E-state index in [2.05, 4.69) is 10.2 Å². The Kier molecular flexibility index (Phi) is 4.00. The van der Waals surface area contributed by atoms with E-state index in [1.165, 1.54) is 25.7 Å². The zero-order chi connectivity index (χ0) is 10.7. The molecular weight excluding hydrogens is 188 g/mol. The second-order valence-corrected chi connectivity index (χ2v) is 5.18. The number of hydrogen-bond acceptors (Lipinski definition) is 3. The molecule has 15 heavy (non-hydrogen) atoms. The molecule has 0 amide bonds. The normalized spacial score (nSPS) is 38.4. The first-order chi connectivity index (χ1) is 7.29. The van der Waals surface area contributed by atoms with E-state index in [0.29, 0.717) is 0 Å². The average molecular weight is 212 g/mol. The molecule has 0 spiro atoms. The third-order valence-corrected chi connectivity index (χ3v) is 3.96. The number of aliphatic hydroxyl groups excluding tert-OH is 1. The summed E-state index contributed by atoms with van der Waals surface area (Å²) in [6.07, 6.45) is 6.33. The van der Waals surface area contributed by atoms with E-state index in [0.717, 1.165) is 38.0 Å². The maximum absolute atomic E-state index is 9.55. The van der Waals surface area contributed by atoms with Crippen LogP contribution in [0.2, 0.25) is 0 Å². The lowest BCUT2D eigenvalue weighted by atomic mass is 9.85. The van der Waals surface area contributed by atoms with Gasteiger partial charge in [-0.15, -0.1) is 0 Å². The molecule has 2 fully saturated rings. The molecule has 0 aromatic rings. The SMILES string of the molecule is CNCC1CCCC(N2CCC(O)C2)C1. The molecule has 0 radical (unpaired) electrons. The average Bonchev–Trinajstić information content (AvgIpc) is 2.66. The number of nitrogens with one attached hydrogen (secondary N) is 1. The maximum Gasteiger partial charge on any atom is 0.0679 e. The Bertz CT molecular complexity index is 196. The van der Waals surface area contributed by atoms with Crippen molar-refractivity contribution in [2.24, 2.45) is 5.92 Å². The molecule has 2 N–H and O–H groups in total. The zero-order valence-electron chi connectivity index (χ0n) is 9.78. The van der Waals surface area contributed by atoms with Crippen molar-refractivity contribution < 1.29 is 5.11 Å². The molecule has 0 bridgehead atoms. The highest BCUT2D eigenvalue weighted by molar-refractivity contribution is 4.85. The lowest BCUT2D eigenvalue weighted by molar-refractivity contribution is 0.125. The fourth-order valence-electron chi connectivity index (χ4n) is 3.17. The number of hydrogen-bond donors (Lipinski definition) is 2. The zero-order valence-corrected chi connectivity index (χ0v) is 9.78. The molecule has 1 saturated carbocycles. The van der Waals surface area contributed by atoms with E-state index in [4.69, 9.17) is 0 Å². The van der Waals surface area contributed by atoms with E-state index < -0.39 is 0 Å². The molecule has 1 aliphatic carbocycles. The molecule has 0 aromatic heterocycles. The van der Waals surface area contributed by atoms with Crippen molar-refractivity contribution >= 4 is 0 Å². The van der Waals surface area contributed by atoms with Gasteiger partial charge in [-0.1, -0.05) is 6.42 Å². The van der Waals surface area contributed by atoms with Gasteiger partial charge in [-0.05, 0) is 45.2 Å². The van der Waals surface area contributed by atoms with E-state index >= 15 is 0 Å². The van der Waals surface area contributed by atoms with Gasteiger partial charge in [0.05, 0.1) is 6.10 Å². The number of aliphatic hydroxyl groups is 1. The van der Waals surface area contributed by atoms with Gasteiger partial charge in [0.15, 0.2) is 0 Å². The Morgan fingerprint density at radius 3 is 2.87 bits per heavy atom.